The number of hydrogen-bond donors (Lipinski definition) is 3. The van der Waals surface area contributed by atoms with Gasteiger partial charge < -0.3 is 15.7 Å². The number of hydrogen-bond acceptors (Lipinski definition) is 3. The Labute approximate surface area is 159 Å². The van der Waals surface area contributed by atoms with E-state index in [2.05, 4.69) is 10.6 Å². The topological polar surface area (TPSA) is 95.5 Å². The number of carboxylic acids is 1. The number of amides is 2. The van der Waals surface area contributed by atoms with Gasteiger partial charge in [-0.3, -0.25) is 14.4 Å². The Morgan fingerprint density at radius 2 is 1.59 bits per heavy atom. The van der Waals surface area contributed by atoms with Gasteiger partial charge in [0.25, 0.3) is 0 Å². The smallest absolute Gasteiger partial charge is 0.311 e. The molecule has 0 aromatic heterocycles. The van der Waals surface area contributed by atoms with Crippen LogP contribution in [-0.2, 0) is 20.8 Å². The third kappa shape index (κ3) is 5.06. The van der Waals surface area contributed by atoms with Crippen LogP contribution in [0.25, 0.3) is 10.8 Å². The molecule has 0 fully saturated rings. The summed E-state index contributed by atoms with van der Waals surface area (Å²) in [6, 6.07) is 13.6. The molecule has 6 nitrogen and oxygen atoms in total. The van der Waals surface area contributed by atoms with Gasteiger partial charge in [0, 0.05) is 6.54 Å². The summed E-state index contributed by atoms with van der Waals surface area (Å²) < 4.78 is 0. The fourth-order valence-corrected chi connectivity index (χ4v) is 3.07. The Morgan fingerprint density at radius 1 is 0.926 bits per heavy atom. The van der Waals surface area contributed by atoms with E-state index in [-0.39, 0.29) is 25.4 Å². The van der Waals surface area contributed by atoms with Crippen molar-refractivity contribution in [3.8, 4) is 0 Å². The van der Waals surface area contributed by atoms with Crippen LogP contribution in [0.2, 0.25) is 0 Å². The molecule has 2 amide bonds. The number of fused-ring (bicyclic) bond motifs is 1. The van der Waals surface area contributed by atoms with Crippen LogP contribution in [0.5, 0.6) is 0 Å². The van der Waals surface area contributed by atoms with E-state index >= 15 is 0 Å². The second-order valence-electron chi connectivity index (χ2n) is 6.66. The molecule has 144 valence electrons. The number of nitrogens with one attached hydrogen (secondary N) is 2. The van der Waals surface area contributed by atoms with Gasteiger partial charge in [0.15, 0.2) is 0 Å². The maximum Gasteiger partial charge on any atom is 0.311 e. The molecule has 0 aliphatic heterocycles. The summed E-state index contributed by atoms with van der Waals surface area (Å²) in [6.45, 7) is 3.45. The number of carbonyl (C=O) groups excluding carboxylic acids is 2. The zero-order chi connectivity index (χ0) is 19.9. The SMILES string of the molecule is CCC(CC)(CNC(=O)CNC(=O)Cc1cccc2ccccc12)C(=O)O. The summed E-state index contributed by atoms with van der Waals surface area (Å²) in [4.78, 5) is 35.6. The number of carbonyl (C=O) groups is 3. The fraction of sp³-hybridized carbons (Fsp3) is 0.381. The largest absolute Gasteiger partial charge is 0.481 e. The maximum atomic E-state index is 12.2. The second-order valence-corrected chi connectivity index (χ2v) is 6.66. The first kappa shape index (κ1) is 20.4. The van der Waals surface area contributed by atoms with E-state index in [1.165, 1.54) is 0 Å². The molecule has 0 spiro atoms. The third-order valence-electron chi connectivity index (χ3n) is 5.11. The molecule has 27 heavy (non-hydrogen) atoms. The van der Waals surface area contributed by atoms with Crippen LogP contribution in [0.15, 0.2) is 42.5 Å². The number of carboxylic acid groups (broad SMARTS) is 1. The molecule has 0 aliphatic carbocycles. The molecule has 0 saturated carbocycles. The highest BCUT2D eigenvalue weighted by Crippen LogP contribution is 2.25. The molecular formula is C21H26N2O4. The summed E-state index contributed by atoms with van der Waals surface area (Å²) in [7, 11) is 0. The molecule has 0 radical (unpaired) electrons. The van der Waals surface area contributed by atoms with Crippen molar-refractivity contribution in [2.45, 2.75) is 33.1 Å². The van der Waals surface area contributed by atoms with Gasteiger partial charge in [0.2, 0.25) is 11.8 Å². The van der Waals surface area contributed by atoms with Crippen LogP contribution >= 0.6 is 0 Å². The Bertz CT molecular complexity index is 823. The molecule has 0 atom stereocenters. The molecule has 0 unspecified atom stereocenters. The standard InChI is InChI=1S/C21H26N2O4/c1-3-21(4-2,20(26)27)14-23-19(25)13-22-18(24)12-16-10-7-9-15-8-5-6-11-17(15)16/h5-11H,3-4,12-14H2,1-2H3,(H,22,24)(H,23,25)(H,26,27). The third-order valence-corrected chi connectivity index (χ3v) is 5.11. The van der Waals surface area contributed by atoms with Crippen LogP contribution in [0.3, 0.4) is 0 Å². The molecule has 0 bridgehead atoms. The minimum absolute atomic E-state index is 0.0490. The lowest BCUT2D eigenvalue weighted by Gasteiger charge is -2.26. The quantitative estimate of drug-likeness (QED) is 0.632. The number of aliphatic carboxylic acids is 1. The van der Waals surface area contributed by atoms with Gasteiger partial charge >= 0.3 is 5.97 Å². The zero-order valence-corrected chi connectivity index (χ0v) is 15.7. The molecule has 6 heteroatoms. The Hall–Kier alpha value is -2.89. The minimum Gasteiger partial charge on any atom is -0.481 e. The van der Waals surface area contributed by atoms with E-state index in [4.69, 9.17) is 0 Å². The van der Waals surface area contributed by atoms with Crippen molar-refractivity contribution in [2.75, 3.05) is 13.1 Å². The van der Waals surface area contributed by atoms with Gasteiger partial charge in [-0.2, -0.15) is 0 Å². The van der Waals surface area contributed by atoms with Gasteiger partial charge in [-0.15, -0.1) is 0 Å². The van der Waals surface area contributed by atoms with E-state index in [0.29, 0.717) is 12.8 Å². The highest BCUT2D eigenvalue weighted by molar-refractivity contribution is 5.91. The highest BCUT2D eigenvalue weighted by Gasteiger charge is 2.35. The minimum atomic E-state index is -0.970. The summed E-state index contributed by atoms with van der Waals surface area (Å²) in [5.41, 5.74) is -0.0734. The van der Waals surface area contributed by atoms with Gasteiger partial charge in [-0.1, -0.05) is 56.3 Å². The molecule has 0 heterocycles. The van der Waals surface area contributed by atoms with Crippen molar-refractivity contribution >= 4 is 28.6 Å². The monoisotopic (exact) mass is 370 g/mol. The van der Waals surface area contributed by atoms with Crippen LogP contribution in [0.4, 0.5) is 0 Å². The first-order chi connectivity index (χ1) is 12.9. The van der Waals surface area contributed by atoms with Crippen molar-refractivity contribution < 1.29 is 19.5 Å². The van der Waals surface area contributed by atoms with E-state index in [1.807, 2.05) is 42.5 Å². The van der Waals surface area contributed by atoms with Crippen LogP contribution in [0, 0.1) is 5.41 Å². The number of rotatable bonds is 9. The van der Waals surface area contributed by atoms with Crippen molar-refractivity contribution in [2.24, 2.45) is 5.41 Å². The first-order valence-electron chi connectivity index (χ1n) is 9.15. The predicted octanol–water partition coefficient (Wildman–Crippen LogP) is 2.51. The second kappa shape index (κ2) is 9.16. The summed E-state index contributed by atoms with van der Waals surface area (Å²) in [5.74, 6) is -1.57. The van der Waals surface area contributed by atoms with Crippen molar-refractivity contribution in [1.29, 1.82) is 0 Å². The van der Waals surface area contributed by atoms with Crippen LogP contribution in [-0.4, -0.2) is 36.0 Å². The predicted molar refractivity (Wildman–Crippen MR) is 104 cm³/mol. The van der Waals surface area contributed by atoms with Gasteiger partial charge in [0.1, 0.15) is 0 Å². The van der Waals surface area contributed by atoms with E-state index in [0.717, 1.165) is 16.3 Å². The van der Waals surface area contributed by atoms with Crippen molar-refractivity contribution in [3.63, 3.8) is 0 Å². The molecule has 2 aromatic carbocycles. The maximum absolute atomic E-state index is 12.2. The fourth-order valence-electron chi connectivity index (χ4n) is 3.07. The van der Waals surface area contributed by atoms with Gasteiger partial charge in [-0.25, -0.2) is 0 Å². The lowest BCUT2D eigenvalue weighted by Crippen LogP contribution is -2.45. The number of benzene rings is 2. The molecule has 2 rings (SSSR count). The summed E-state index contributed by atoms with van der Waals surface area (Å²) in [5, 5.41) is 16.7. The van der Waals surface area contributed by atoms with E-state index in [9.17, 15) is 19.5 Å². The lowest BCUT2D eigenvalue weighted by molar-refractivity contribution is -0.149. The average Bonchev–Trinajstić information content (AvgIpc) is 2.67. The Kier molecular flexibility index (Phi) is 6.93. The molecule has 0 aliphatic rings. The Morgan fingerprint density at radius 3 is 2.26 bits per heavy atom. The first-order valence-corrected chi connectivity index (χ1v) is 9.15. The van der Waals surface area contributed by atoms with Crippen LogP contribution in [0.1, 0.15) is 32.3 Å². The van der Waals surface area contributed by atoms with Crippen molar-refractivity contribution in [3.05, 3.63) is 48.0 Å². The normalized spacial score (nSPS) is 11.2. The molecular weight excluding hydrogens is 344 g/mol. The van der Waals surface area contributed by atoms with Gasteiger partial charge in [-0.05, 0) is 29.2 Å². The average molecular weight is 370 g/mol. The van der Waals surface area contributed by atoms with Crippen molar-refractivity contribution in [1.82, 2.24) is 10.6 Å². The van der Waals surface area contributed by atoms with E-state index < -0.39 is 17.3 Å². The Balaban J connectivity index is 1.88. The van der Waals surface area contributed by atoms with Gasteiger partial charge in [0.05, 0.1) is 18.4 Å². The van der Waals surface area contributed by atoms with Crippen LogP contribution < -0.4 is 10.6 Å². The molecule has 0 saturated heterocycles. The molecule has 3 N–H and O–H groups in total. The van der Waals surface area contributed by atoms with E-state index in [1.54, 1.807) is 13.8 Å². The highest BCUT2D eigenvalue weighted by atomic mass is 16.4. The summed E-state index contributed by atoms with van der Waals surface area (Å²) >= 11 is 0. The molecule has 2 aromatic rings. The lowest BCUT2D eigenvalue weighted by atomic mass is 9.82. The zero-order valence-electron chi connectivity index (χ0n) is 15.7. The summed E-state index contributed by atoms with van der Waals surface area (Å²) in [6.07, 6.45) is 1.02.